The maximum Gasteiger partial charge on any atom is 0.149 e. The number of phenolic OH excluding ortho intramolecular Hbond substituents is 1. The summed E-state index contributed by atoms with van der Waals surface area (Å²) in [5.74, 6) is 0.894. The lowest BCUT2D eigenvalue weighted by molar-refractivity contribution is 0.477. The van der Waals surface area contributed by atoms with Crippen molar-refractivity contribution in [1.82, 2.24) is 14.5 Å². The predicted molar refractivity (Wildman–Crippen MR) is 166 cm³/mol. The fourth-order valence-corrected chi connectivity index (χ4v) is 5.49. The van der Waals surface area contributed by atoms with Gasteiger partial charge in [0, 0.05) is 23.0 Å². The number of nitrogens with zero attached hydrogens (tertiary/aromatic N) is 3. The van der Waals surface area contributed by atoms with Gasteiger partial charge in [0.25, 0.3) is 0 Å². The number of phenols is 1. The molecule has 0 unspecified atom stereocenters. The van der Waals surface area contributed by atoms with Crippen LogP contribution in [-0.2, 0) is 6.42 Å². The summed E-state index contributed by atoms with van der Waals surface area (Å²) in [6.07, 6.45) is 2.62. The number of pyridine rings is 1. The molecule has 196 valence electrons. The maximum absolute atomic E-state index is 10.9. The van der Waals surface area contributed by atoms with E-state index in [1.807, 2.05) is 66.9 Å². The minimum Gasteiger partial charge on any atom is -0.507 e. The van der Waals surface area contributed by atoms with Crippen LogP contribution in [0.3, 0.4) is 0 Å². The lowest BCUT2D eigenvalue weighted by Gasteiger charge is -2.14. The number of hydrogen-bond donors (Lipinski definition) is 1. The Labute approximate surface area is 238 Å². The van der Waals surface area contributed by atoms with Crippen molar-refractivity contribution < 1.29 is 5.11 Å². The van der Waals surface area contributed by atoms with Crippen molar-refractivity contribution in [3.63, 3.8) is 0 Å². The molecule has 2 heterocycles. The molecule has 0 aliphatic rings. The second-order valence-corrected chi connectivity index (χ2v) is 10.0. The highest BCUT2D eigenvalue weighted by Crippen LogP contribution is 2.39. The Morgan fingerprint density at radius 2 is 1.34 bits per heavy atom. The summed E-state index contributed by atoms with van der Waals surface area (Å²) < 4.78 is 2.13. The van der Waals surface area contributed by atoms with E-state index in [9.17, 15) is 5.11 Å². The highest BCUT2D eigenvalue weighted by atomic mass is 16.3. The van der Waals surface area contributed by atoms with Gasteiger partial charge in [-0.15, -0.1) is 0 Å². The van der Waals surface area contributed by atoms with Gasteiger partial charge in [0.2, 0.25) is 0 Å². The van der Waals surface area contributed by atoms with Crippen molar-refractivity contribution in [2.24, 2.45) is 0 Å². The predicted octanol–water partition coefficient (Wildman–Crippen LogP) is 8.72. The van der Waals surface area contributed by atoms with Gasteiger partial charge in [0.1, 0.15) is 11.6 Å². The molecule has 5 aromatic carbocycles. The minimum atomic E-state index is 0.198. The van der Waals surface area contributed by atoms with Crippen LogP contribution in [0.5, 0.6) is 5.75 Å². The van der Waals surface area contributed by atoms with Gasteiger partial charge in [-0.3, -0.25) is 9.55 Å². The fraction of sp³-hybridized carbons (Fsp3) is 0.0270. The Morgan fingerprint density at radius 1 is 0.610 bits per heavy atom. The topological polar surface area (TPSA) is 50.9 Å². The number of para-hydroxylation sites is 3. The molecule has 4 heteroatoms. The molecule has 0 aliphatic carbocycles. The Kier molecular flexibility index (Phi) is 6.34. The average molecular weight is 530 g/mol. The lowest BCUT2D eigenvalue weighted by atomic mass is 9.91. The van der Waals surface area contributed by atoms with Crippen LogP contribution in [0.25, 0.3) is 50.5 Å². The van der Waals surface area contributed by atoms with Crippen LogP contribution < -0.4 is 0 Å². The van der Waals surface area contributed by atoms with Crippen molar-refractivity contribution in [1.29, 1.82) is 0 Å². The first-order valence-electron chi connectivity index (χ1n) is 13.7. The van der Waals surface area contributed by atoms with Crippen LogP contribution in [-0.4, -0.2) is 19.6 Å². The van der Waals surface area contributed by atoms with Crippen LogP contribution in [0.15, 0.2) is 146 Å². The molecule has 0 atom stereocenters. The van der Waals surface area contributed by atoms with Gasteiger partial charge in [-0.1, -0.05) is 91.0 Å². The van der Waals surface area contributed by atoms with Crippen LogP contribution in [0.1, 0.15) is 11.1 Å². The van der Waals surface area contributed by atoms with Gasteiger partial charge in [0.15, 0.2) is 0 Å². The van der Waals surface area contributed by atoms with E-state index in [1.54, 1.807) is 6.07 Å². The molecule has 0 spiro atoms. The van der Waals surface area contributed by atoms with Crippen molar-refractivity contribution >= 4 is 11.0 Å². The summed E-state index contributed by atoms with van der Waals surface area (Å²) in [6.45, 7) is 0. The van der Waals surface area contributed by atoms with Gasteiger partial charge in [-0.2, -0.15) is 0 Å². The summed E-state index contributed by atoms with van der Waals surface area (Å²) in [6, 6.07) is 47.0. The second-order valence-electron chi connectivity index (χ2n) is 10.0. The third kappa shape index (κ3) is 4.66. The Morgan fingerprint density at radius 3 is 2.12 bits per heavy atom. The molecule has 2 aromatic heterocycles. The second kappa shape index (κ2) is 10.6. The van der Waals surface area contributed by atoms with Crippen LogP contribution in [0.4, 0.5) is 0 Å². The summed E-state index contributed by atoms with van der Waals surface area (Å²) >= 11 is 0. The lowest BCUT2D eigenvalue weighted by Crippen LogP contribution is -1.97. The number of aromatic hydroxyl groups is 1. The Bertz CT molecular complexity index is 1960. The molecule has 0 radical (unpaired) electrons. The highest BCUT2D eigenvalue weighted by Gasteiger charge is 2.20. The van der Waals surface area contributed by atoms with E-state index >= 15 is 0 Å². The van der Waals surface area contributed by atoms with E-state index in [-0.39, 0.29) is 5.75 Å². The first-order valence-corrected chi connectivity index (χ1v) is 13.7. The van der Waals surface area contributed by atoms with Crippen molar-refractivity contribution in [3.8, 4) is 45.2 Å². The fourth-order valence-electron chi connectivity index (χ4n) is 5.49. The standard InChI is InChI=1S/C37H27N3O/c41-35-20-8-7-16-31(35)37-39-36-30(17-11-19-34(36)40(37)29-14-5-2-6-15-29)32-25-28(33-18-9-10-23-38-33)22-21-27(32)24-26-12-3-1-4-13-26/h1-23,25,41H,24H2. The average Bonchev–Trinajstić information content (AvgIpc) is 3.42. The molecule has 0 aliphatic heterocycles. The van der Waals surface area contributed by atoms with Crippen molar-refractivity contribution in [3.05, 3.63) is 157 Å². The van der Waals surface area contributed by atoms with Crippen molar-refractivity contribution in [2.45, 2.75) is 6.42 Å². The zero-order valence-electron chi connectivity index (χ0n) is 22.4. The molecule has 0 saturated heterocycles. The van der Waals surface area contributed by atoms with Crippen LogP contribution in [0, 0.1) is 0 Å². The molecule has 7 aromatic rings. The summed E-state index contributed by atoms with van der Waals surface area (Å²) in [7, 11) is 0. The third-order valence-corrected chi connectivity index (χ3v) is 7.44. The monoisotopic (exact) mass is 529 g/mol. The van der Waals surface area contributed by atoms with Crippen LogP contribution in [0.2, 0.25) is 0 Å². The Hall–Kier alpha value is -5.48. The molecular weight excluding hydrogens is 502 g/mol. The molecule has 4 nitrogen and oxygen atoms in total. The zero-order chi connectivity index (χ0) is 27.6. The van der Waals surface area contributed by atoms with Gasteiger partial charge in [0.05, 0.1) is 22.3 Å². The SMILES string of the molecule is Oc1ccccc1-c1nc2c(-c3cc(-c4ccccn4)ccc3Cc3ccccc3)cccc2n1-c1ccccc1. The molecule has 0 bridgehead atoms. The number of imidazole rings is 1. The van der Waals surface area contributed by atoms with E-state index in [2.05, 4.69) is 82.3 Å². The summed E-state index contributed by atoms with van der Waals surface area (Å²) in [4.78, 5) is 9.85. The quantitative estimate of drug-likeness (QED) is 0.234. The van der Waals surface area contributed by atoms with Gasteiger partial charge in [-0.05, 0) is 71.6 Å². The van der Waals surface area contributed by atoms with Gasteiger partial charge >= 0.3 is 0 Å². The highest BCUT2D eigenvalue weighted by molar-refractivity contribution is 5.97. The molecular formula is C37H27N3O. The van der Waals surface area contributed by atoms with E-state index in [0.29, 0.717) is 11.4 Å². The smallest absolute Gasteiger partial charge is 0.149 e. The maximum atomic E-state index is 10.9. The number of benzene rings is 5. The van der Waals surface area contributed by atoms with Crippen LogP contribution >= 0.6 is 0 Å². The van der Waals surface area contributed by atoms with E-state index < -0.39 is 0 Å². The van der Waals surface area contributed by atoms with E-state index in [0.717, 1.165) is 45.5 Å². The zero-order valence-corrected chi connectivity index (χ0v) is 22.4. The van der Waals surface area contributed by atoms with E-state index in [1.165, 1.54) is 11.1 Å². The first-order chi connectivity index (χ1) is 20.3. The normalized spacial score (nSPS) is 11.1. The summed E-state index contributed by atoms with van der Waals surface area (Å²) in [5, 5.41) is 10.9. The number of rotatable bonds is 6. The number of aromatic nitrogens is 3. The number of fused-ring (bicyclic) bond motifs is 1. The largest absolute Gasteiger partial charge is 0.507 e. The minimum absolute atomic E-state index is 0.198. The summed E-state index contributed by atoms with van der Waals surface area (Å²) in [5.41, 5.74) is 10.1. The van der Waals surface area contributed by atoms with Gasteiger partial charge < -0.3 is 5.11 Å². The molecule has 7 rings (SSSR count). The van der Waals surface area contributed by atoms with Crippen molar-refractivity contribution in [2.75, 3.05) is 0 Å². The molecule has 0 saturated carbocycles. The first kappa shape index (κ1) is 24.6. The molecule has 0 fully saturated rings. The Balaban J connectivity index is 1.50. The van der Waals surface area contributed by atoms with E-state index in [4.69, 9.17) is 4.98 Å². The van der Waals surface area contributed by atoms with Gasteiger partial charge in [-0.25, -0.2) is 4.98 Å². The molecule has 1 N–H and O–H groups in total. The molecule has 41 heavy (non-hydrogen) atoms. The molecule has 0 amide bonds. The third-order valence-electron chi connectivity index (χ3n) is 7.44. The number of hydrogen-bond acceptors (Lipinski definition) is 3.